The highest BCUT2D eigenvalue weighted by atomic mass is 16.3. The molecule has 0 amide bonds. The number of rotatable bonds is 7. The van der Waals surface area contributed by atoms with Crippen molar-refractivity contribution in [2.24, 2.45) is 0 Å². The lowest BCUT2D eigenvalue weighted by molar-refractivity contribution is 0.261. The molecule has 23 heavy (non-hydrogen) atoms. The molecule has 0 saturated carbocycles. The number of aliphatic hydroxyl groups excluding tert-OH is 1. The van der Waals surface area contributed by atoms with Gasteiger partial charge in [-0.25, -0.2) is 0 Å². The second-order valence-corrected chi connectivity index (χ2v) is 6.37. The first kappa shape index (κ1) is 17.3. The second-order valence-electron chi connectivity index (χ2n) is 6.37. The first-order valence-corrected chi connectivity index (χ1v) is 7.85. The van der Waals surface area contributed by atoms with Crippen molar-refractivity contribution in [2.75, 3.05) is 13.2 Å². The summed E-state index contributed by atoms with van der Waals surface area (Å²) in [5.74, 6) is 0.509. The van der Waals surface area contributed by atoms with Crippen molar-refractivity contribution in [2.45, 2.75) is 31.7 Å². The fourth-order valence-electron chi connectivity index (χ4n) is 2.78. The van der Waals surface area contributed by atoms with Crippen molar-refractivity contribution in [1.29, 1.82) is 0 Å². The van der Waals surface area contributed by atoms with Crippen molar-refractivity contribution in [3.8, 4) is 11.5 Å². The molecule has 1 atom stereocenters. The van der Waals surface area contributed by atoms with Crippen molar-refractivity contribution < 1.29 is 15.3 Å². The summed E-state index contributed by atoms with van der Waals surface area (Å²) in [5.41, 5.74) is 2.04. The summed E-state index contributed by atoms with van der Waals surface area (Å²) >= 11 is 0. The van der Waals surface area contributed by atoms with E-state index in [2.05, 4.69) is 19.2 Å². The number of aromatic hydroxyl groups is 2. The van der Waals surface area contributed by atoms with E-state index in [1.807, 2.05) is 24.3 Å². The maximum Gasteiger partial charge on any atom is 0.115 e. The van der Waals surface area contributed by atoms with Gasteiger partial charge in [-0.2, -0.15) is 0 Å². The van der Waals surface area contributed by atoms with Gasteiger partial charge in [-0.1, -0.05) is 38.1 Å². The smallest absolute Gasteiger partial charge is 0.115 e. The van der Waals surface area contributed by atoms with Gasteiger partial charge in [0.2, 0.25) is 0 Å². The number of hydrogen-bond donors (Lipinski definition) is 4. The Labute approximate surface area is 137 Å². The highest BCUT2D eigenvalue weighted by molar-refractivity contribution is 5.33. The summed E-state index contributed by atoms with van der Waals surface area (Å²) in [6.45, 7) is 4.89. The molecule has 2 aromatic rings. The Kier molecular flexibility index (Phi) is 5.64. The molecule has 4 N–H and O–H groups in total. The summed E-state index contributed by atoms with van der Waals surface area (Å²) < 4.78 is 0. The first-order valence-electron chi connectivity index (χ1n) is 7.85. The summed E-state index contributed by atoms with van der Waals surface area (Å²) in [6.07, 6.45) is 0.772. The topological polar surface area (TPSA) is 72.7 Å². The zero-order chi connectivity index (χ0) is 16.9. The van der Waals surface area contributed by atoms with E-state index in [1.165, 1.54) is 0 Å². The highest BCUT2D eigenvalue weighted by Crippen LogP contribution is 2.30. The van der Waals surface area contributed by atoms with Gasteiger partial charge in [0, 0.05) is 18.0 Å². The average molecular weight is 315 g/mol. The van der Waals surface area contributed by atoms with Crippen LogP contribution in [0.2, 0.25) is 0 Å². The van der Waals surface area contributed by atoms with Gasteiger partial charge < -0.3 is 20.6 Å². The van der Waals surface area contributed by atoms with Crippen LogP contribution in [0.25, 0.3) is 0 Å². The van der Waals surface area contributed by atoms with Crippen LogP contribution in [0.15, 0.2) is 48.5 Å². The third-order valence-electron chi connectivity index (χ3n) is 4.36. The van der Waals surface area contributed by atoms with Crippen molar-refractivity contribution in [3.63, 3.8) is 0 Å². The lowest BCUT2D eigenvalue weighted by Gasteiger charge is -2.36. The van der Waals surface area contributed by atoms with E-state index < -0.39 is 0 Å². The lowest BCUT2D eigenvalue weighted by atomic mass is 9.75. The fraction of sp³-hybridized carbons (Fsp3) is 0.368. The maximum absolute atomic E-state index is 9.49. The molecule has 1 unspecified atom stereocenters. The minimum atomic E-state index is -0.194. The average Bonchev–Trinajstić information content (AvgIpc) is 2.53. The predicted molar refractivity (Wildman–Crippen MR) is 91.8 cm³/mol. The van der Waals surface area contributed by atoms with Crippen LogP contribution in [0.3, 0.4) is 0 Å². The molecular weight excluding hydrogens is 290 g/mol. The van der Waals surface area contributed by atoms with Crippen molar-refractivity contribution >= 4 is 0 Å². The second kappa shape index (κ2) is 7.49. The normalized spacial score (nSPS) is 13.0. The molecule has 0 radical (unpaired) electrons. The molecule has 0 bridgehead atoms. The molecule has 2 aromatic carbocycles. The quantitative estimate of drug-likeness (QED) is 0.634. The molecule has 0 fully saturated rings. The van der Waals surface area contributed by atoms with Crippen molar-refractivity contribution in [3.05, 3.63) is 59.7 Å². The molecule has 0 heterocycles. The number of phenolic OH excluding ortho intramolecular Hbond substituents is 2. The predicted octanol–water partition coefficient (Wildman–Crippen LogP) is 2.57. The molecule has 124 valence electrons. The minimum Gasteiger partial charge on any atom is -0.508 e. The zero-order valence-electron chi connectivity index (χ0n) is 13.7. The van der Waals surface area contributed by atoms with E-state index in [-0.39, 0.29) is 29.6 Å². The van der Waals surface area contributed by atoms with Gasteiger partial charge >= 0.3 is 0 Å². The Morgan fingerprint density at radius 1 is 0.913 bits per heavy atom. The molecule has 0 aromatic heterocycles. The van der Waals surface area contributed by atoms with Gasteiger partial charge in [0.15, 0.2) is 0 Å². The van der Waals surface area contributed by atoms with Gasteiger partial charge in [0.25, 0.3) is 0 Å². The molecule has 0 spiro atoms. The Morgan fingerprint density at radius 3 is 1.96 bits per heavy atom. The van der Waals surface area contributed by atoms with E-state index in [0.717, 1.165) is 17.5 Å². The highest BCUT2D eigenvalue weighted by Gasteiger charge is 2.31. The van der Waals surface area contributed by atoms with E-state index in [4.69, 9.17) is 5.11 Å². The molecule has 0 aliphatic heterocycles. The third-order valence-corrected chi connectivity index (χ3v) is 4.36. The van der Waals surface area contributed by atoms with Crippen LogP contribution in [-0.2, 0) is 11.8 Å². The number of nitrogens with one attached hydrogen (secondary N) is 1. The number of aliphatic hydroxyl groups is 1. The number of benzene rings is 2. The Balaban J connectivity index is 2.24. The Hall–Kier alpha value is -2.04. The summed E-state index contributed by atoms with van der Waals surface area (Å²) in [7, 11) is 0. The molecular formula is C19H25NO3. The number of phenols is 2. The van der Waals surface area contributed by atoms with Crippen LogP contribution in [0.1, 0.15) is 25.0 Å². The molecule has 2 rings (SSSR count). The van der Waals surface area contributed by atoms with Gasteiger partial charge in [0.05, 0.1) is 6.61 Å². The van der Waals surface area contributed by atoms with E-state index in [1.54, 1.807) is 24.3 Å². The van der Waals surface area contributed by atoms with E-state index in [9.17, 15) is 10.2 Å². The largest absolute Gasteiger partial charge is 0.508 e. The zero-order valence-corrected chi connectivity index (χ0v) is 13.7. The number of hydrogen-bond acceptors (Lipinski definition) is 4. The summed E-state index contributed by atoms with van der Waals surface area (Å²) in [4.78, 5) is 0. The van der Waals surface area contributed by atoms with E-state index >= 15 is 0 Å². The molecule has 0 saturated heterocycles. The molecule has 0 aliphatic carbocycles. The van der Waals surface area contributed by atoms with Crippen LogP contribution in [0.5, 0.6) is 11.5 Å². The van der Waals surface area contributed by atoms with Gasteiger partial charge in [0.1, 0.15) is 11.5 Å². The van der Waals surface area contributed by atoms with Gasteiger partial charge in [-0.3, -0.25) is 0 Å². The lowest BCUT2D eigenvalue weighted by Crippen LogP contribution is -2.47. The van der Waals surface area contributed by atoms with Crippen LogP contribution in [0.4, 0.5) is 0 Å². The van der Waals surface area contributed by atoms with E-state index in [0.29, 0.717) is 6.54 Å². The maximum atomic E-state index is 9.49. The Bertz CT molecular complexity index is 606. The standard InChI is InChI=1S/C19H25NO3/c1-19(2,15-5-9-17(23)10-6-15)18(20-11-12-21)13-14-3-7-16(22)8-4-14/h3-10,18,20-23H,11-13H2,1-2H3. The van der Waals surface area contributed by atoms with Crippen molar-refractivity contribution in [1.82, 2.24) is 5.32 Å². The van der Waals surface area contributed by atoms with Crippen LogP contribution in [0, 0.1) is 0 Å². The third kappa shape index (κ3) is 4.47. The monoisotopic (exact) mass is 315 g/mol. The van der Waals surface area contributed by atoms with Crippen LogP contribution >= 0.6 is 0 Å². The molecule has 0 aliphatic rings. The van der Waals surface area contributed by atoms with Gasteiger partial charge in [-0.15, -0.1) is 0 Å². The minimum absolute atomic E-state index is 0.0811. The SMILES string of the molecule is CC(C)(c1ccc(O)cc1)C(Cc1ccc(O)cc1)NCCO. The summed E-state index contributed by atoms with van der Waals surface area (Å²) in [6, 6.07) is 14.5. The Morgan fingerprint density at radius 2 is 1.43 bits per heavy atom. The fourth-order valence-corrected chi connectivity index (χ4v) is 2.78. The first-order chi connectivity index (χ1) is 10.9. The van der Waals surface area contributed by atoms with Gasteiger partial charge in [-0.05, 0) is 41.8 Å². The summed E-state index contributed by atoms with van der Waals surface area (Å²) in [5, 5.41) is 31.5. The molecule has 4 nitrogen and oxygen atoms in total. The molecule has 4 heteroatoms. The van der Waals surface area contributed by atoms with Crippen LogP contribution < -0.4 is 5.32 Å². The van der Waals surface area contributed by atoms with Crippen LogP contribution in [-0.4, -0.2) is 34.5 Å².